The zero-order valence-electron chi connectivity index (χ0n) is 16.9. The van der Waals surface area contributed by atoms with Gasteiger partial charge in [-0.2, -0.15) is 0 Å². The second kappa shape index (κ2) is 9.83. The molecule has 16 heteroatoms. The molecule has 0 N–H and O–H groups in total. The monoisotopic (exact) mass is 549 g/mol. The van der Waals surface area contributed by atoms with Crippen molar-refractivity contribution in [3.63, 3.8) is 0 Å². The van der Waals surface area contributed by atoms with Crippen LogP contribution in [0.5, 0.6) is 0 Å². The molecule has 36 heavy (non-hydrogen) atoms. The Labute approximate surface area is 205 Å². The van der Waals surface area contributed by atoms with Crippen molar-refractivity contribution >= 4 is 52.1 Å². The van der Waals surface area contributed by atoms with Gasteiger partial charge in [-0.15, -0.1) is 0 Å². The van der Waals surface area contributed by atoms with Gasteiger partial charge in [0.05, 0.1) is 9.85 Å². The first kappa shape index (κ1) is 26.4. The summed E-state index contributed by atoms with van der Waals surface area (Å²) in [6.07, 6.45) is 0. The Hall–Kier alpha value is -4.17. The second-order valence-corrected chi connectivity index (χ2v) is 7.57. The van der Waals surface area contributed by atoms with Crippen molar-refractivity contribution in [3.05, 3.63) is 107 Å². The quantitative estimate of drug-likeness (QED) is 0.0960. The fraction of sp³-hybridized carbons (Fsp3) is 0. The first-order valence-corrected chi connectivity index (χ1v) is 9.81. The van der Waals surface area contributed by atoms with Crippen LogP contribution in [0.1, 0.15) is 20.7 Å². The third-order valence-electron chi connectivity index (χ3n) is 4.59. The summed E-state index contributed by atoms with van der Waals surface area (Å²) in [6.45, 7) is 0. The molecule has 0 fully saturated rings. The molecule has 0 aliphatic carbocycles. The lowest BCUT2D eigenvalue weighted by molar-refractivity contribution is -0.385. The maximum Gasteiger partial charge on any atom is 0.282 e. The van der Waals surface area contributed by atoms with Crippen LogP contribution in [-0.4, -0.2) is 21.7 Å². The van der Waals surface area contributed by atoms with Crippen LogP contribution in [0.25, 0.3) is 0 Å². The number of anilines is 1. The molecule has 186 valence electrons. The second-order valence-electron chi connectivity index (χ2n) is 6.70. The van der Waals surface area contributed by atoms with E-state index in [-0.39, 0.29) is 10.0 Å². The molecule has 0 spiro atoms. The Bertz CT molecular complexity index is 1380. The first-order valence-electron chi connectivity index (χ1n) is 9.06. The molecule has 3 aromatic carbocycles. The van der Waals surface area contributed by atoms with E-state index in [4.69, 9.17) is 23.2 Å². The molecule has 0 saturated heterocycles. The topological polar surface area (TPSA) is 124 Å². The zero-order valence-corrected chi connectivity index (χ0v) is 18.4. The summed E-state index contributed by atoms with van der Waals surface area (Å²) in [6, 6.07) is 4.37. The van der Waals surface area contributed by atoms with Crippen molar-refractivity contribution in [3.8, 4) is 0 Å². The van der Waals surface area contributed by atoms with Crippen LogP contribution in [-0.2, 0) is 0 Å². The molecule has 0 aliphatic heterocycles. The van der Waals surface area contributed by atoms with Crippen LogP contribution in [0.2, 0.25) is 10.0 Å². The van der Waals surface area contributed by atoms with E-state index in [1.165, 1.54) is 0 Å². The van der Waals surface area contributed by atoms with E-state index in [2.05, 4.69) is 0 Å². The normalized spacial score (nSPS) is 10.8. The number of rotatable bonds is 5. The summed E-state index contributed by atoms with van der Waals surface area (Å²) in [5, 5.41) is 22.1. The van der Waals surface area contributed by atoms with Gasteiger partial charge in [0.25, 0.3) is 23.2 Å². The van der Waals surface area contributed by atoms with Crippen LogP contribution in [0.3, 0.4) is 0 Å². The van der Waals surface area contributed by atoms with Crippen molar-refractivity contribution in [2.75, 3.05) is 4.90 Å². The number of amides is 2. The highest BCUT2D eigenvalue weighted by Gasteiger charge is 2.40. The Morgan fingerprint density at radius 1 is 0.667 bits per heavy atom. The largest absolute Gasteiger partial charge is 0.282 e. The number of benzene rings is 3. The van der Waals surface area contributed by atoms with Crippen LogP contribution in [0.4, 0.5) is 39.0 Å². The minimum absolute atomic E-state index is 0.359. The Morgan fingerprint density at radius 3 is 1.33 bits per heavy atom. The summed E-state index contributed by atoms with van der Waals surface area (Å²) in [4.78, 5) is 46.4. The van der Waals surface area contributed by atoms with Gasteiger partial charge < -0.3 is 0 Å². The molecule has 0 bridgehead atoms. The molecule has 9 nitrogen and oxygen atoms in total. The Morgan fingerprint density at radius 2 is 1.00 bits per heavy atom. The molecular formula is C20H6Cl2F5N3O6. The molecule has 3 aromatic rings. The minimum Gasteiger partial charge on any atom is -0.268 e. The molecule has 3 rings (SSSR count). The lowest BCUT2D eigenvalue weighted by Gasteiger charge is -2.23. The standard InChI is InChI=1S/C20H6Cl2F5N3O6/c21-7-1-3-11(29(33)34)9(5-7)19(31)28(18-16(26)14(24)13(23)15(25)17(18)27)20(32)10-6-8(22)2-4-12(10)30(35)36/h1-6H. The van der Waals surface area contributed by atoms with Crippen molar-refractivity contribution in [1.29, 1.82) is 0 Å². The van der Waals surface area contributed by atoms with E-state index in [0.29, 0.717) is 24.3 Å². The number of hydrogen-bond donors (Lipinski definition) is 0. The highest BCUT2D eigenvalue weighted by Crippen LogP contribution is 2.35. The van der Waals surface area contributed by atoms with Gasteiger partial charge in [0, 0.05) is 22.2 Å². The maximum atomic E-state index is 14.7. The van der Waals surface area contributed by atoms with E-state index in [0.717, 1.165) is 12.1 Å². The molecule has 2 amide bonds. The molecular weight excluding hydrogens is 544 g/mol. The number of nitro benzene ring substituents is 2. The van der Waals surface area contributed by atoms with E-state index >= 15 is 0 Å². The molecule has 0 aliphatic rings. The van der Waals surface area contributed by atoms with Crippen molar-refractivity contribution in [1.82, 2.24) is 0 Å². The lowest BCUT2D eigenvalue weighted by Crippen LogP contribution is -2.39. The van der Waals surface area contributed by atoms with Crippen LogP contribution in [0.15, 0.2) is 36.4 Å². The van der Waals surface area contributed by atoms with Gasteiger partial charge in [-0.05, 0) is 24.3 Å². The Kier molecular flexibility index (Phi) is 7.22. The zero-order chi connectivity index (χ0) is 27.1. The predicted molar refractivity (Wildman–Crippen MR) is 114 cm³/mol. The van der Waals surface area contributed by atoms with Crippen molar-refractivity contribution < 1.29 is 41.4 Å². The van der Waals surface area contributed by atoms with Crippen molar-refractivity contribution in [2.24, 2.45) is 0 Å². The fourth-order valence-corrected chi connectivity index (χ4v) is 3.35. The lowest BCUT2D eigenvalue weighted by atomic mass is 10.1. The summed E-state index contributed by atoms with van der Waals surface area (Å²) in [7, 11) is 0. The maximum absolute atomic E-state index is 14.7. The predicted octanol–water partition coefficient (Wildman–Crippen LogP) is 5.99. The average Bonchev–Trinajstić information content (AvgIpc) is 2.82. The molecule has 0 atom stereocenters. The van der Waals surface area contributed by atoms with Crippen LogP contribution >= 0.6 is 23.2 Å². The molecule has 0 aromatic heterocycles. The average molecular weight is 550 g/mol. The third-order valence-corrected chi connectivity index (χ3v) is 5.06. The first-order chi connectivity index (χ1) is 16.8. The summed E-state index contributed by atoms with van der Waals surface area (Å²) >= 11 is 11.5. The van der Waals surface area contributed by atoms with Gasteiger partial charge in [-0.1, -0.05) is 23.2 Å². The Balaban J connectivity index is 2.43. The number of carbonyl (C=O) groups is 2. The summed E-state index contributed by atoms with van der Waals surface area (Å²) in [5.74, 6) is -17.1. The SMILES string of the molecule is O=C(c1cc(Cl)ccc1[N+](=O)[O-])N(C(=O)c1cc(Cl)ccc1[N+](=O)[O-])c1c(F)c(F)c(F)c(F)c1F. The van der Waals surface area contributed by atoms with E-state index < -0.39 is 83.8 Å². The highest BCUT2D eigenvalue weighted by molar-refractivity contribution is 6.33. The number of nitro groups is 2. The van der Waals surface area contributed by atoms with Crippen molar-refractivity contribution in [2.45, 2.75) is 0 Å². The van der Waals surface area contributed by atoms with E-state index in [1.54, 1.807) is 0 Å². The summed E-state index contributed by atoms with van der Waals surface area (Å²) < 4.78 is 71.0. The molecule has 0 radical (unpaired) electrons. The number of halogens is 7. The highest BCUT2D eigenvalue weighted by atomic mass is 35.5. The van der Waals surface area contributed by atoms with Gasteiger partial charge in [-0.3, -0.25) is 29.8 Å². The molecule has 0 unspecified atom stereocenters. The van der Waals surface area contributed by atoms with Gasteiger partial charge in [-0.25, -0.2) is 26.9 Å². The third kappa shape index (κ3) is 4.55. The van der Waals surface area contributed by atoms with Crippen LogP contribution < -0.4 is 4.90 Å². The number of carbonyl (C=O) groups excluding carboxylic acids is 2. The van der Waals surface area contributed by atoms with Gasteiger partial charge in [0.2, 0.25) is 5.82 Å². The number of imide groups is 1. The fourth-order valence-electron chi connectivity index (χ4n) is 3.00. The smallest absolute Gasteiger partial charge is 0.268 e. The van der Waals surface area contributed by atoms with Crippen LogP contribution in [0, 0.1) is 49.3 Å². The van der Waals surface area contributed by atoms with E-state index in [9.17, 15) is 51.8 Å². The number of nitrogens with zero attached hydrogens (tertiary/aromatic N) is 3. The number of hydrogen-bond acceptors (Lipinski definition) is 6. The van der Waals surface area contributed by atoms with Gasteiger partial charge in [0.15, 0.2) is 23.3 Å². The van der Waals surface area contributed by atoms with E-state index in [1.807, 2.05) is 0 Å². The molecule has 0 saturated carbocycles. The summed E-state index contributed by atoms with van der Waals surface area (Å²) in [5.41, 5.74) is -6.53. The minimum atomic E-state index is -2.66. The van der Waals surface area contributed by atoms with Gasteiger partial charge >= 0.3 is 0 Å². The van der Waals surface area contributed by atoms with Gasteiger partial charge in [0.1, 0.15) is 16.8 Å². The molecule has 0 heterocycles.